The van der Waals surface area contributed by atoms with Gasteiger partial charge in [0.1, 0.15) is 10.6 Å². The molecule has 3 rings (SSSR count). The fraction of sp³-hybridized carbons (Fsp3) is 0.200. The third-order valence-corrected chi connectivity index (χ3v) is 5.47. The van der Waals surface area contributed by atoms with Gasteiger partial charge >= 0.3 is 7.12 Å². The molecule has 128 valence electrons. The van der Waals surface area contributed by atoms with Gasteiger partial charge in [-0.1, -0.05) is 18.2 Å². The molecule has 0 radical (unpaired) electrons. The zero-order valence-electron chi connectivity index (χ0n) is 12.9. The average molecular weight is 370 g/mol. The number of hydrogen-bond acceptors (Lipinski definition) is 6. The van der Waals surface area contributed by atoms with Crippen LogP contribution < -0.4 is 15.9 Å². The first-order valence-corrected chi connectivity index (χ1v) is 8.63. The normalized spacial score (nSPS) is 13.3. The van der Waals surface area contributed by atoms with Gasteiger partial charge in [-0.3, -0.25) is 0 Å². The van der Waals surface area contributed by atoms with Gasteiger partial charge in [-0.2, -0.15) is 0 Å². The highest BCUT2D eigenvalue weighted by molar-refractivity contribution is 7.90. The van der Waals surface area contributed by atoms with Crippen LogP contribution in [0.3, 0.4) is 0 Å². The lowest BCUT2D eigenvalue weighted by atomic mass is 9.79. The average Bonchev–Trinajstić information content (AvgIpc) is 2.87. The third-order valence-electron chi connectivity index (χ3n) is 3.75. The Morgan fingerprint density at radius 1 is 1.29 bits per heavy atom. The predicted octanol–water partition coefficient (Wildman–Crippen LogP) is 0.891. The van der Waals surface area contributed by atoms with Crippen LogP contribution in [-0.2, 0) is 26.9 Å². The van der Waals surface area contributed by atoms with E-state index in [4.69, 9.17) is 15.1 Å². The highest BCUT2D eigenvalue weighted by Gasteiger charge is 2.28. The van der Waals surface area contributed by atoms with Crippen molar-refractivity contribution in [2.45, 2.75) is 17.3 Å². The Kier molecular flexibility index (Phi) is 5.44. The van der Waals surface area contributed by atoms with E-state index in [0.717, 1.165) is 5.56 Å². The van der Waals surface area contributed by atoms with Crippen molar-refractivity contribution in [3.05, 3.63) is 47.5 Å². The molecule has 6 nitrogen and oxygen atoms in total. The van der Waals surface area contributed by atoms with Crippen molar-refractivity contribution in [1.82, 2.24) is 0 Å². The fourth-order valence-electron chi connectivity index (χ4n) is 2.59. The number of halogens is 1. The summed E-state index contributed by atoms with van der Waals surface area (Å²) in [6, 6.07) is 9.60. The summed E-state index contributed by atoms with van der Waals surface area (Å²) in [4.78, 5) is 0.0893. The number of fused-ring (bicyclic) bond motifs is 1. The van der Waals surface area contributed by atoms with Crippen molar-refractivity contribution in [3.8, 4) is 5.75 Å². The Morgan fingerprint density at radius 3 is 2.75 bits per heavy atom. The van der Waals surface area contributed by atoms with Gasteiger partial charge in [-0.25, -0.2) is 8.42 Å². The number of methoxy groups -OCH3 is 1. The number of nitrogens with two attached hydrogens (primary N) is 1. The molecule has 9 heteroatoms. The van der Waals surface area contributed by atoms with Crippen LogP contribution in [0.15, 0.2) is 41.3 Å². The zero-order valence-corrected chi connectivity index (χ0v) is 14.6. The van der Waals surface area contributed by atoms with Crippen LogP contribution >= 0.6 is 12.4 Å². The van der Waals surface area contributed by atoms with Gasteiger partial charge in [0.15, 0.2) is 9.84 Å². The lowest BCUT2D eigenvalue weighted by Gasteiger charge is -2.11. The maximum Gasteiger partial charge on any atom is 0.491 e. The van der Waals surface area contributed by atoms with Crippen LogP contribution in [0.25, 0.3) is 0 Å². The molecule has 1 aliphatic heterocycles. The minimum absolute atomic E-state index is 0. The second-order valence-corrected chi connectivity index (χ2v) is 7.32. The molecule has 0 unspecified atom stereocenters. The maximum atomic E-state index is 12.7. The molecular weight excluding hydrogens is 352 g/mol. The first kappa shape index (κ1) is 18.6. The first-order chi connectivity index (χ1) is 10.9. The second kappa shape index (κ2) is 7.02. The lowest BCUT2D eigenvalue weighted by molar-refractivity contribution is 0.275. The van der Waals surface area contributed by atoms with Crippen molar-refractivity contribution < 1.29 is 22.8 Å². The van der Waals surface area contributed by atoms with E-state index < -0.39 is 17.0 Å². The second-order valence-electron chi connectivity index (χ2n) is 5.37. The smallest absolute Gasteiger partial charge is 0.491 e. The molecule has 0 spiro atoms. The van der Waals surface area contributed by atoms with Gasteiger partial charge in [0.25, 0.3) is 0 Å². The van der Waals surface area contributed by atoms with E-state index in [1.165, 1.54) is 25.3 Å². The number of rotatable bonds is 4. The molecule has 24 heavy (non-hydrogen) atoms. The molecule has 0 saturated heterocycles. The molecule has 0 aliphatic carbocycles. The summed E-state index contributed by atoms with van der Waals surface area (Å²) in [5.41, 5.74) is 8.14. The first-order valence-electron chi connectivity index (χ1n) is 6.98. The highest BCUT2D eigenvalue weighted by atomic mass is 35.5. The standard InChI is InChI=1S/C15H16BNO5S.ClH/c1-21-14-7-12(17)4-5-15(14)23(19,20)9-10-2-3-11-8-22-16(18)13(11)6-10;/h2-7,18H,8-9,17H2,1H3;1H. The van der Waals surface area contributed by atoms with Gasteiger partial charge < -0.3 is 20.1 Å². The van der Waals surface area contributed by atoms with Crippen LogP contribution in [-0.4, -0.2) is 27.7 Å². The van der Waals surface area contributed by atoms with Gasteiger partial charge in [0.05, 0.1) is 19.5 Å². The van der Waals surface area contributed by atoms with E-state index in [-0.39, 0.29) is 28.8 Å². The topological polar surface area (TPSA) is 98.9 Å². The Balaban J connectivity index is 0.00000208. The minimum Gasteiger partial charge on any atom is -0.495 e. The van der Waals surface area contributed by atoms with Crippen molar-refractivity contribution >= 4 is 40.5 Å². The van der Waals surface area contributed by atoms with E-state index in [1.54, 1.807) is 18.2 Å². The molecular formula is C15H17BClNO5S. The summed E-state index contributed by atoms with van der Waals surface area (Å²) in [7, 11) is -3.21. The summed E-state index contributed by atoms with van der Waals surface area (Å²) in [5, 5.41) is 9.73. The molecule has 2 aromatic rings. The van der Waals surface area contributed by atoms with Crippen molar-refractivity contribution in [3.63, 3.8) is 0 Å². The van der Waals surface area contributed by atoms with Crippen LogP contribution in [0.4, 0.5) is 5.69 Å². The highest BCUT2D eigenvalue weighted by Crippen LogP contribution is 2.28. The molecule has 1 heterocycles. The maximum absolute atomic E-state index is 12.7. The van der Waals surface area contributed by atoms with Gasteiger partial charge in [-0.05, 0) is 28.7 Å². The summed E-state index contributed by atoms with van der Waals surface area (Å²) < 4.78 is 35.6. The largest absolute Gasteiger partial charge is 0.495 e. The summed E-state index contributed by atoms with van der Waals surface area (Å²) in [6.07, 6.45) is 0. The zero-order chi connectivity index (χ0) is 16.6. The van der Waals surface area contributed by atoms with Gasteiger partial charge in [0, 0.05) is 11.8 Å². The molecule has 0 bridgehead atoms. The number of nitrogen functional groups attached to an aromatic ring is 1. The molecule has 1 aliphatic rings. The predicted molar refractivity (Wildman–Crippen MR) is 94.4 cm³/mol. The van der Waals surface area contributed by atoms with E-state index in [9.17, 15) is 13.4 Å². The lowest BCUT2D eigenvalue weighted by Crippen LogP contribution is -2.28. The van der Waals surface area contributed by atoms with Crippen LogP contribution in [0.2, 0.25) is 0 Å². The molecule has 2 aromatic carbocycles. The Hall–Kier alpha value is -1.74. The summed E-state index contributed by atoms with van der Waals surface area (Å²) in [5.74, 6) is 0.0160. The fourth-order valence-corrected chi connectivity index (χ4v) is 4.09. The monoisotopic (exact) mass is 369 g/mol. The van der Waals surface area contributed by atoms with Crippen LogP contribution in [0.5, 0.6) is 5.75 Å². The number of benzene rings is 2. The Bertz CT molecular complexity index is 859. The van der Waals surface area contributed by atoms with Crippen LogP contribution in [0, 0.1) is 0 Å². The third kappa shape index (κ3) is 3.51. The quantitative estimate of drug-likeness (QED) is 0.613. The minimum atomic E-state index is -3.61. The number of hydrogen-bond donors (Lipinski definition) is 2. The summed E-state index contributed by atoms with van der Waals surface area (Å²) in [6.45, 7) is 0.329. The number of ether oxygens (including phenoxy) is 1. The van der Waals surface area contributed by atoms with Crippen molar-refractivity contribution in [2.24, 2.45) is 0 Å². The van der Waals surface area contributed by atoms with Gasteiger partial charge in [-0.15, -0.1) is 12.4 Å². The summed E-state index contributed by atoms with van der Waals surface area (Å²) >= 11 is 0. The number of anilines is 1. The van der Waals surface area contributed by atoms with E-state index in [0.29, 0.717) is 23.3 Å². The van der Waals surface area contributed by atoms with Crippen molar-refractivity contribution in [1.29, 1.82) is 0 Å². The van der Waals surface area contributed by atoms with E-state index in [2.05, 4.69) is 0 Å². The molecule has 0 saturated carbocycles. The van der Waals surface area contributed by atoms with Gasteiger partial charge in [0.2, 0.25) is 0 Å². The number of sulfone groups is 1. The molecule has 0 fully saturated rings. The van der Waals surface area contributed by atoms with Crippen molar-refractivity contribution in [2.75, 3.05) is 12.8 Å². The van der Waals surface area contributed by atoms with E-state index >= 15 is 0 Å². The van der Waals surface area contributed by atoms with Crippen LogP contribution in [0.1, 0.15) is 11.1 Å². The molecule has 0 atom stereocenters. The molecule has 3 N–H and O–H groups in total. The Labute approximate surface area is 147 Å². The SMILES string of the molecule is COc1cc(N)ccc1S(=O)(=O)Cc1ccc2c(c1)B(O)OC2.Cl. The van der Waals surface area contributed by atoms with E-state index in [1.807, 2.05) is 0 Å². The Morgan fingerprint density at radius 2 is 2.04 bits per heavy atom. The molecule has 0 aromatic heterocycles. The molecule has 0 amide bonds.